The van der Waals surface area contributed by atoms with Crippen molar-refractivity contribution in [3.63, 3.8) is 0 Å². The van der Waals surface area contributed by atoms with Gasteiger partial charge in [-0.1, -0.05) is 13.8 Å². The van der Waals surface area contributed by atoms with Crippen molar-refractivity contribution in [1.29, 1.82) is 0 Å². The summed E-state index contributed by atoms with van der Waals surface area (Å²) >= 11 is 0. The van der Waals surface area contributed by atoms with Crippen LogP contribution in [0.25, 0.3) is 0 Å². The highest BCUT2D eigenvalue weighted by atomic mass is 16.5. The lowest BCUT2D eigenvalue weighted by molar-refractivity contribution is -0.143. The van der Waals surface area contributed by atoms with E-state index in [1.165, 1.54) is 29.4 Å². The summed E-state index contributed by atoms with van der Waals surface area (Å²) in [5.41, 5.74) is 5.91. The molecule has 0 radical (unpaired) electrons. The Labute approximate surface area is 197 Å². The minimum atomic E-state index is -0.701. The number of benzene rings is 1. The maximum absolute atomic E-state index is 12.7. The average molecular weight is 456 g/mol. The zero-order valence-electron chi connectivity index (χ0n) is 21.2. The Bertz CT molecular complexity index is 1050. The number of amides is 1. The van der Waals surface area contributed by atoms with Gasteiger partial charge in [-0.2, -0.15) is 0 Å². The number of hydrogen-bond donors (Lipinski definition) is 1. The van der Waals surface area contributed by atoms with E-state index in [-0.39, 0.29) is 17.3 Å². The molecule has 6 nitrogen and oxygen atoms in total. The van der Waals surface area contributed by atoms with Gasteiger partial charge in [-0.25, -0.2) is 4.79 Å². The predicted octanol–water partition coefficient (Wildman–Crippen LogP) is 5.22. The van der Waals surface area contributed by atoms with E-state index in [0.717, 1.165) is 24.2 Å². The van der Waals surface area contributed by atoms with E-state index in [2.05, 4.69) is 39.9 Å². The zero-order valence-corrected chi connectivity index (χ0v) is 21.2. The molecule has 2 heterocycles. The minimum absolute atomic E-state index is 0.154. The minimum Gasteiger partial charge on any atom is -0.487 e. The molecule has 180 valence electrons. The van der Waals surface area contributed by atoms with Gasteiger partial charge in [0.25, 0.3) is 5.91 Å². The van der Waals surface area contributed by atoms with Crippen LogP contribution in [0.5, 0.6) is 5.75 Å². The van der Waals surface area contributed by atoms with Crippen LogP contribution in [-0.2, 0) is 22.4 Å². The van der Waals surface area contributed by atoms with Crippen molar-refractivity contribution in [1.82, 2.24) is 5.32 Å². The van der Waals surface area contributed by atoms with Gasteiger partial charge in [0.1, 0.15) is 23.2 Å². The Balaban J connectivity index is 1.81. The van der Waals surface area contributed by atoms with Gasteiger partial charge < -0.3 is 19.2 Å². The summed E-state index contributed by atoms with van der Waals surface area (Å²) < 4.78 is 17.1. The number of carbonyl (C=O) groups excluding carboxylic acids is 2. The van der Waals surface area contributed by atoms with Crippen molar-refractivity contribution >= 4 is 11.9 Å². The molecule has 0 unspecified atom stereocenters. The van der Waals surface area contributed by atoms with Gasteiger partial charge in [0.15, 0.2) is 5.76 Å². The van der Waals surface area contributed by atoms with Gasteiger partial charge in [0.05, 0.1) is 7.11 Å². The number of carbonyl (C=O) groups is 2. The number of hydrogen-bond acceptors (Lipinski definition) is 5. The number of nitrogens with one attached hydrogen (secondary N) is 1. The summed E-state index contributed by atoms with van der Waals surface area (Å²) in [4.78, 5) is 24.8. The van der Waals surface area contributed by atoms with Crippen molar-refractivity contribution in [2.45, 2.75) is 85.8 Å². The highest BCUT2D eigenvalue weighted by Crippen LogP contribution is 2.41. The van der Waals surface area contributed by atoms with E-state index >= 15 is 0 Å². The van der Waals surface area contributed by atoms with Crippen molar-refractivity contribution in [2.24, 2.45) is 5.92 Å². The maximum atomic E-state index is 12.7. The van der Waals surface area contributed by atoms with Gasteiger partial charge in [0, 0.05) is 6.42 Å². The monoisotopic (exact) mass is 455 g/mol. The first kappa shape index (κ1) is 24.9. The Morgan fingerprint density at radius 3 is 2.45 bits per heavy atom. The molecular weight excluding hydrogens is 418 g/mol. The number of furan rings is 1. The highest BCUT2D eigenvalue weighted by molar-refractivity contribution is 5.94. The third kappa shape index (κ3) is 5.43. The molecule has 0 saturated heterocycles. The van der Waals surface area contributed by atoms with Crippen LogP contribution in [0.3, 0.4) is 0 Å². The van der Waals surface area contributed by atoms with Crippen LogP contribution in [-0.4, -0.2) is 30.6 Å². The van der Waals surface area contributed by atoms with E-state index in [1.54, 1.807) is 6.07 Å². The predicted molar refractivity (Wildman–Crippen MR) is 128 cm³/mol. The summed E-state index contributed by atoms with van der Waals surface area (Å²) in [6.07, 6.45) is 3.05. The van der Waals surface area contributed by atoms with Gasteiger partial charge in [-0.3, -0.25) is 4.79 Å². The second-order valence-electron chi connectivity index (χ2n) is 10.1. The van der Waals surface area contributed by atoms with E-state index < -0.39 is 17.9 Å². The normalized spacial score (nSPS) is 15.5. The molecule has 6 heteroatoms. The summed E-state index contributed by atoms with van der Waals surface area (Å²) in [6.45, 7) is 14.6. The van der Waals surface area contributed by atoms with Crippen molar-refractivity contribution < 1.29 is 23.5 Å². The summed E-state index contributed by atoms with van der Waals surface area (Å²) in [6, 6.07) is 2.79. The van der Waals surface area contributed by atoms with Gasteiger partial charge in [-0.05, 0) is 99.7 Å². The quantitative estimate of drug-likeness (QED) is 0.580. The van der Waals surface area contributed by atoms with Crippen LogP contribution >= 0.6 is 0 Å². The largest absolute Gasteiger partial charge is 0.487 e. The molecule has 3 rings (SSSR count). The second kappa shape index (κ2) is 9.62. The SMILES string of the molecule is COC(=O)[C@@H](CC(C)C)NC(=O)c1ccc(Cc2c(C)c(C)c3c(c2C)CCC(C)(C)O3)o1. The first-order chi connectivity index (χ1) is 15.4. The van der Waals surface area contributed by atoms with Crippen LogP contribution in [0.15, 0.2) is 16.5 Å². The topological polar surface area (TPSA) is 77.8 Å². The van der Waals surface area contributed by atoms with Gasteiger partial charge >= 0.3 is 5.97 Å². The molecule has 2 aromatic rings. The van der Waals surface area contributed by atoms with E-state index in [1.807, 2.05) is 19.9 Å². The maximum Gasteiger partial charge on any atom is 0.328 e. The molecule has 1 aliphatic heterocycles. The molecule has 1 amide bonds. The van der Waals surface area contributed by atoms with Gasteiger partial charge in [0.2, 0.25) is 0 Å². The smallest absolute Gasteiger partial charge is 0.328 e. The van der Waals surface area contributed by atoms with E-state index in [9.17, 15) is 9.59 Å². The van der Waals surface area contributed by atoms with Crippen LogP contribution in [0, 0.1) is 26.7 Å². The fourth-order valence-corrected chi connectivity index (χ4v) is 4.54. The summed E-state index contributed by atoms with van der Waals surface area (Å²) in [5.74, 6) is 1.28. The number of esters is 1. The molecule has 0 bridgehead atoms. The standard InChI is InChI=1S/C27H37NO5/c1-15(2)13-22(26(30)31-8)28-25(29)23-10-9-19(32-23)14-21-16(3)17(4)24-20(18(21)5)11-12-27(6,7)33-24/h9-10,15,22H,11-14H2,1-8H3,(H,28,29)/t22-/m1/s1. The third-order valence-corrected chi connectivity index (χ3v) is 6.63. The lowest BCUT2D eigenvalue weighted by Crippen LogP contribution is -2.42. The van der Waals surface area contributed by atoms with Crippen LogP contribution in [0.2, 0.25) is 0 Å². The van der Waals surface area contributed by atoms with E-state index in [0.29, 0.717) is 18.6 Å². The summed E-state index contributed by atoms with van der Waals surface area (Å²) in [5, 5.41) is 2.75. The molecule has 1 aromatic heterocycles. The van der Waals surface area contributed by atoms with Gasteiger partial charge in [-0.15, -0.1) is 0 Å². The fraction of sp³-hybridized carbons (Fsp3) is 0.556. The second-order valence-corrected chi connectivity index (χ2v) is 10.1. The zero-order chi connectivity index (χ0) is 24.5. The lowest BCUT2D eigenvalue weighted by atomic mass is 9.84. The van der Waals surface area contributed by atoms with Crippen LogP contribution in [0.4, 0.5) is 0 Å². The summed E-state index contributed by atoms with van der Waals surface area (Å²) in [7, 11) is 1.32. The Morgan fingerprint density at radius 2 is 1.82 bits per heavy atom. The molecule has 33 heavy (non-hydrogen) atoms. The Kier molecular flexibility index (Phi) is 7.25. The van der Waals surface area contributed by atoms with Crippen molar-refractivity contribution in [2.75, 3.05) is 7.11 Å². The van der Waals surface area contributed by atoms with E-state index in [4.69, 9.17) is 13.9 Å². The molecule has 0 fully saturated rings. The molecule has 1 atom stereocenters. The molecule has 0 spiro atoms. The third-order valence-electron chi connectivity index (χ3n) is 6.63. The molecule has 1 aliphatic rings. The van der Waals surface area contributed by atoms with Crippen LogP contribution < -0.4 is 10.1 Å². The number of rotatable bonds is 7. The molecule has 0 saturated carbocycles. The number of methoxy groups -OCH3 is 1. The molecule has 0 aliphatic carbocycles. The number of ether oxygens (including phenoxy) is 2. The first-order valence-corrected chi connectivity index (χ1v) is 11.7. The van der Waals surface area contributed by atoms with Crippen LogP contribution in [0.1, 0.15) is 84.7 Å². The lowest BCUT2D eigenvalue weighted by Gasteiger charge is -2.35. The Morgan fingerprint density at radius 1 is 1.12 bits per heavy atom. The Hall–Kier alpha value is -2.76. The van der Waals surface area contributed by atoms with Crippen molar-refractivity contribution in [3.8, 4) is 5.75 Å². The molecule has 1 aromatic carbocycles. The number of fused-ring (bicyclic) bond motifs is 1. The first-order valence-electron chi connectivity index (χ1n) is 11.7. The molecular formula is C27H37NO5. The highest BCUT2D eigenvalue weighted by Gasteiger charge is 2.31. The van der Waals surface area contributed by atoms with Crippen molar-refractivity contribution in [3.05, 3.63) is 51.5 Å². The fourth-order valence-electron chi connectivity index (χ4n) is 4.54. The average Bonchev–Trinajstić information content (AvgIpc) is 3.22. The molecule has 1 N–H and O–H groups in total.